The van der Waals surface area contributed by atoms with Gasteiger partial charge in [-0.15, -0.1) is 0 Å². The van der Waals surface area contributed by atoms with E-state index in [0.29, 0.717) is 5.69 Å². The summed E-state index contributed by atoms with van der Waals surface area (Å²) in [5, 5.41) is 12.0. The molecule has 0 aliphatic heterocycles. The first-order valence-electron chi connectivity index (χ1n) is 6.87. The number of carbonyl (C=O) groups excluding carboxylic acids is 1. The van der Waals surface area contributed by atoms with Crippen molar-refractivity contribution in [3.63, 3.8) is 0 Å². The van der Waals surface area contributed by atoms with E-state index >= 15 is 0 Å². The molecule has 116 valence electrons. The highest BCUT2D eigenvalue weighted by molar-refractivity contribution is 9.10. The minimum Gasteiger partial charge on any atom is -0.497 e. The number of anilines is 1. The topological polar surface area (TPSA) is 62.1 Å². The fourth-order valence-electron chi connectivity index (χ4n) is 2.01. The molecule has 1 amide bonds. The van der Waals surface area contributed by atoms with Crippen molar-refractivity contribution in [2.75, 3.05) is 12.4 Å². The van der Waals surface area contributed by atoms with E-state index in [1.807, 2.05) is 37.3 Å². The maximum atomic E-state index is 12.3. The maximum Gasteiger partial charge on any atom is 0.266 e. The number of nitrogens with zero attached hydrogens (tertiary/aromatic N) is 1. The second kappa shape index (κ2) is 7.61. The summed E-state index contributed by atoms with van der Waals surface area (Å²) in [5.74, 6) is 0.289. The van der Waals surface area contributed by atoms with Gasteiger partial charge >= 0.3 is 0 Å². The summed E-state index contributed by atoms with van der Waals surface area (Å²) in [7, 11) is 1.59. The third-order valence-corrected chi connectivity index (χ3v) is 3.72. The predicted molar refractivity (Wildman–Crippen MR) is 94.1 cm³/mol. The lowest BCUT2D eigenvalue weighted by molar-refractivity contribution is -0.112. The van der Waals surface area contributed by atoms with Gasteiger partial charge in [0.2, 0.25) is 0 Å². The molecule has 0 heterocycles. The molecule has 0 aromatic heterocycles. The van der Waals surface area contributed by atoms with Gasteiger partial charge in [-0.3, -0.25) is 4.79 Å². The molecule has 0 spiro atoms. The van der Waals surface area contributed by atoms with Crippen LogP contribution in [0, 0.1) is 18.3 Å². The lowest BCUT2D eigenvalue weighted by Gasteiger charge is -2.07. The first kappa shape index (κ1) is 16.8. The molecule has 1 N–H and O–H groups in total. The summed E-state index contributed by atoms with van der Waals surface area (Å²) in [6.07, 6.45) is 1.57. The average Bonchev–Trinajstić information content (AvgIpc) is 2.53. The standard InChI is InChI=1S/C18H15BrN2O2/c1-12-8-17(23-2)7-6-13(12)9-14(11-20)18(22)21-16-5-3-4-15(19)10-16/h3-10H,1-2H3,(H,21,22)/b14-9+. The zero-order valence-electron chi connectivity index (χ0n) is 12.8. The van der Waals surface area contributed by atoms with Crippen LogP contribution in [0.3, 0.4) is 0 Å². The third kappa shape index (κ3) is 4.44. The van der Waals surface area contributed by atoms with Crippen LogP contribution < -0.4 is 10.1 Å². The number of nitrogens with one attached hydrogen (secondary N) is 1. The van der Waals surface area contributed by atoms with Crippen LogP contribution in [-0.2, 0) is 4.79 Å². The Kier molecular flexibility index (Phi) is 5.56. The first-order chi connectivity index (χ1) is 11.0. The molecule has 0 aliphatic rings. The van der Waals surface area contributed by atoms with Gasteiger partial charge in [-0.05, 0) is 54.5 Å². The van der Waals surface area contributed by atoms with Gasteiger partial charge in [-0.1, -0.05) is 28.1 Å². The van der Waals surface area contributed by atoms with Crippen LogP contribution in [0.4, 0.5) is 5.69 Å². The molecule has 2 aromatic carbocycles. The van der Waals surface area contributed by atoms with Crippen LogP contribution in [0.15, 0.2) is 52.5 Å². The van der Waals surface area contributed by atoms with Gasteiger partial charge in [-0.25, -0.2) is 0 Å². The van der Waals surface area contributed by atoms with Gasteiger partial charge in [0.05, 0.1) is 7.11 Å². The Labute approximate surface area is 143 Å². The summed E-state index contributed by atoms with van der Waals surface area (Å²) in [6, 6.07) is 14.6. The van der Waals surface area contributed by atoms with Crippen molar-refractivity contribution >= 4 is 33.6 Å². The number of aryl methyl sites for hydroxylation is 1. The molecule has 23 heavy (non-hydrogen) atoms. The highest BCUT2D eigenvalue weighted by Gasteiger charge is 2.10. The van der Waals surface area contributed by atoms with Crippen molar-refractivity contribution in [2.24, 2.45) is 0 Å². The van der Waals surface area contributed by atoms with Gasteiger partial charge in [0.1, 0.15) is 17.4 Å². The Morgan fingerprint density at radius 2 is 2.09 bits per heavy atom. The van der Waals surface area contributed by atoms with E-state index < -0.39 is 5.91 Å². The number of amides is 1. The van der Waals surface area contributed by atoms with E-state index in [9.17, 15) is 10.1 Å². The molecule has 0 aliphatic carbocycles. The molecule has 0 atom stereocenters. The number of hydrogen-bond acceptors (Lipinski definition) is 3. The van der Waals surface area contributed by atoms with Crippen molar-refractivity contribution in [1.82, 2.24) is 0 Å². The van der Waals surface area contributed by atoms with Gasteiger partial charge in [0.25, 0.3) is 5.91 Å². The Morgan fingerprint density at radius 3 is 2.70 bits per heavy atom. The highest BCUT2D eigenvalue weighted by atomic mass is 79.9. The molecule has 2 aromatic rings. The van der Waals surface area contributed by atoms with Gasteiger partial charge in [0, 0.05) is 10.2 Å². The van der Waals surface area contributed by atoms with E-state index in [0.717, 1.165) is 21.3 Å². The highest BCUT2D eigenvalue weighted by Crippen LogP contribution is 2.20. The zero-order valence-corrected chi connectivity index (χ0v) is 14.3. The van der Waals surface area contributed by atoms with Crippen LogP contribution in [-0.4, -0.2) is 13.0 Å². The van der Waals surface area contributed by atoms with Crippen LogP contribution in [0.1, 0.15) is 11.1 Å². The smallest absolute Gasteiger partial charge is 0.266 e. The molecule has 2 rings (SSSR count). The van der Waals surface area contributed by atoms with Crippen molar-refractivity contribution in [3.05, 3.63) is 63.6 Å². The number of methoxy groups -OCH3 is 1. The third-order valence-electron chi connectivity index (χ3n) is 3.22. The minimum atomic E-state index is -0.444. The van der Waals surface area contributed by atoms with Crippen molar-refractivity contribution in [2.45, 2.75) is 6.92 Å². The fraction of sp³-hybridized carbons (Fsp3) is 0.111. The zero-order chi connectivity index (χ0) is 16.8. The van der Waals surface area contributed by atoms with E-state index in [1.165, 1.54) is 0 Å². The number of ether oxygens (including phenoxy) is 1. The summed E-state index contributed by atoms with van der Waals surface area (Å²) in [4.78, 5) is 12.3. The lowest BCUT2D eigenvalue weighted by atomic mass is 10.1. The van der Waals surface area contributed by atoms with E-state index in [4.69, 9.17) is 4.74 Å². The van der Waals surface area contributed by atoms with E-state index in [1.54, 1.807) is 31.4 Å². The van der Waals surface area contributed by atoms with Crippen molar-refractivity contribution in [1.29, 1.82) is 5.26 Å². The number of carbonyl (C=O) groups is 1. The molecule has 0 unspecified atom stereocenters. The van der Waals surface area contributed by atoms with Gasteiger partial charge in [0.15, 0.2) is 0 Å². The summed E-state index contributed by atoms with van der Waals surface area (Å²) < 4.78 is 6.00. The fourth-order valence-corrected chi connectivity index (χ4v) is 2.41. The molecular formula is C18H15BrN2O2. The van der Waals surface area contributed by atoms with Gasteiger partial charge < -0.3 is 10.1 Å². The minimum absolute atomic E-state index is 0.0400. The molecule has 0 saturated heterocycles. The molecule has 5 heteroatoms. The molecule has 0 saturated carbocycles. The monoisotopic (exact) mass is 370 g/mol. The van der Waals surface area contributed by atoms with Crippen LogP contribution in [0.5, 0.6) is 5.75 Å². The summed E-state index contributed by atoms with van der Waals surface area (Å²) >= 11 is 3.34. The lowest BCUT2D eigenvalue weighted by Crippen LogP contribution is -2.13. The Hall–Kier alpha value is -2.58. The molecule has 0 bridgehead atoms. The molecular weight excluding hydrogens is 356 g/mol. The van der Waals surface area contributed by atoms with Crippen molar-refractivity contribution in [3.8, 4) is 11.8 Å². The number of hydrogen-bond donors (Lipinski definition) is 1. The molecule has 0 radical (unpaired) electrons. The van der Waals surface area contributed by atoms with Gasteiger partial charge in [-0.2, -0.15) is 5.26 Å². The Balaban J connectivity index is 2.25. The first-order valence-corrected chi connectivity index (χ1v) is 7.66. The second-order valence-electron chi connectivity index (χ2n) is 4.86. The number of rotatable bonds is 4. The van der Waals surface area contributed by atoms with E-state index in [-0.39, 0.29) is 5.57 Å². The average molecular weight is 371 g/mol. The summed E-state index contributed by atoms with van der Waals surface area (Å²) in [6.45, 7) is 1.90. The SMILES string of the molecule is COc1ccc(/C=C(\C#N)C(=O)Nc2cccc(Br)c2)c(C)c1. The predicted octanol–water partition coefficient (Wildman–Crippen LogP) is 4.31. The number of halogens is 1. The maximum absolute atomic E-state index is 12.3. The van der Waals surface area contributed by atoms with Crippen LogP contribution in [0.25, 0.3) is 6.08 Å². The Morgan fingerprint density at radius 1 is 1.30 bits per heavy atom. The largest absolute Gasteiger partial charge is 0.497 e. The quantitative estimate of drug-likeness (QED) is 0.644. The summed E-state index contributed by atoms with van der Waals surface area (Å²) in [5.41, 5.74) is 2.38. The van der Waals surface area contributed by atoms with Crippen LogP contribution in [0.2, 0.25) is 0 Å². The van der Waals surface area contributed by atoms with E-state index in [2.05, 4.69) is 21.2 Å². The van der Waals surface area contributed by atoms with Crippen LogP contribution >= 0.6 is 15.9 Å². The number of nitriles is 1. The second-order valence-corrected chi connectivity index (χ2v) is 5.77. The Bertz CT molecular complexity index is 807. The molecule has 4 nitrogen and oxygen atoms in total. The molecule has 0 fully saturated rings. The number of benzene rings is 2. The normalized spacial score (nSPS) is 10.8. The van der Waals surface area contributed by atoms with Crippen molar-refractivity contribution < 1.29 is 9.53 Å².